The summed E-state index contributed by atoms with van der Waals surface area (Å²) in [6.07, 6.45) is 5.12. The highest BCUT2D eigenvalue weighted by molar-refractivity contribution is 5.65. The van der Waals surface area contributed by atoms with Gasteiger partial charge in [0, 0.05) is 18.7 Å². The smallest absolute Gasteiger partial charge is 0.407 e. The molecule has 1 unspecified atom stereocenters. The Labute approximate surface area is 166 Å². The zero-order valence-electron chi connectivity index (χ0n) is 16.5. The van der Waals surface area contributed by atoms with Gasteiger partial charge in [-0.25, -0.2) is 4.79 Å². The van der Waals surface area contributed by atoms with Crippen LogP contribution in [0, 0.1) is 0 Å². The van der Waals surface area contributed by atoms with Crippen LogP contribution < -0.4 is 0 Å². The van der Waals surface area contributed by atoms with E-state index in [0.29, 0.717) is 30.7 Å². The molecule has 28 heavy (non-hydrogen) atoms. The third-order valence-corrected chi connectivity index (χ3v) is 6.62. The second kappa shape index (κ2) is 7.86. The van der Waals surface area contributed by atoms with Crippen molar-refractivity contribution in [3.8, 4) is 5.75 Å². The molecule has 2 aliphatic rings. The van der Waals surface area contributed by atoms with Crippen LogP contribution in [-0.2, 0) is 19.3 Å². The number of phenolic OH excluding ortho intramolecular Hbond substituents is 1. The van der Waals surface area contributed by atoms with Gasteiger partial charge in [-0.15, -0.1) is 0 Å². The van der Waals surface area contributed by atoms with Crippen molar-refractivity contribution in [1.82, 2.24) is 4.90 Å². The SMILES string of the molecule is CCc1cc(CC2CCc3cccc(O)c32)ccc1C1CCN(C(=O)O)CC1. The lowest BCUT2D eigenvalue weighted by Gasteiger charge is -2.31. The summed E-state index contributed by atoms with van der Waals surface area (Å²) in [5.41, 5.74) is 6.56. The maximum Gasteiger partial charge on any atom is 0.407 e. The number of amides is 1. The van der Waals surface area contributed by atoms with Crippen LogP contribution >= 0.6 is 0 Å². The van der Waals surface area contributed by atoms with E-state index in [2.05, 4.69) is 31.2 Å². The molecule has 1 saturated heterocycles. The number of nitrogens with zero attached hydrogens (tertiary/aromatic N) is 1. The van der Waals surface area contributed by atoms with Crippen molar-refractivity contribution in [1.29, 1.82) is 0 Å². The van der Waals surface area contributed by atoms with Crippen LogP contribution in [0.25, 0.3) is 0 Å². The zero-order valence-corrected chi connectivity index (χ0v) is 16.5. The Morgan fingerprint density at radius 1 is 1.14 bits per heavy atom. The first-order valence-electron chi connectivity index (χ1n) is 10.5. The number of phenols is 1. The van der Waals surface area contributed by atoms with Gasteiger partial charge in [-0.1, -0.05) is 37.3 Å². The van der Waals surface area contributed by atoms with Gasteiger partial charge in [0.1, 0.15) is 5.75 Å². The third-order valence-electron chi connectivity index (χ3n) is 6.62. The quantitative estimate of drug-likeness (QED) is 0.778. The molecule has 1 amide bonds. The average molecular weight is 380 g/mol. The van der Waals surface area contributed by atoms with Gasteiger partial charge >= 0.3 is 6.09 Å². The van der Waals surface area contributed by atoms with Crippen molar-refractivity contribution in [2.45, 2.75) is 57.3 Å². The molecule has 4 rings (SSSR count). The standard InChI is InChI=1S/C24H29NO3/c1-2-17-14-16(15-20-8-7-19-4-3-5-22(26)23(19)20)6-9-21(17)18-10-12-25(13-11-18)24(27)28/h3-6,9,14,18,20,26H,2,7-8,10-13,15H2,1H3,(H,27,28). The number of hydrogen-bond donors (Lipinski definition) is 2. The summed E-state index contributed by atoms with van der Waals surface area (Å²) in [4.78, 5) is 12.7. The number of rotatable bonds is 4. The first-order chi connectivity index (χ1) is 13.6. The number of aryl methyl sites for hydroxylation is 2. The molecule has 1 aliphatic heterocycles. The molecule has 2 aromatic rings. The minimum absolute atomic E-state index is 0.394. The number of hydrogen-bond acceptors (Lipinski definition) is 2. The number of benzene rings is 2. The number of aromatic hydroxyl groups is 1. The molecule has 0 spiro atoms. The normalized spacial score (nSPS) is 19.6. The van der Waals surface area contributed by atoms with E-state index < -0.39 is 6.09 Å². The van der Waals surface area contributed by atoms with Crippen molar-refractivity contribution in [2.75, 3.05) is 13.1 Å². The monoisotopic (exact) mass is 379 g/mol. The maximum absolute atomic E-state index is 11.1. The molecule has 4 heteroatoms. The highest BCUT2D eigenvalue weighted by Gasteiger charge is 2.27. The first-order valence-corrected chi connectivity index (χ1v) is 10.5. The Bertz CT molecular complexity index is 868. The molecular formula is C24H29NO3. The van der Waals surface area contributed by atoms with Gasteiger partial charge in [0.05, 0.1) is 0 Å². The Kier molecular flexibility index (Phi) is 5.29. The largest absolute Gasteiger partial charge is 0.508 e. The Morgan fingerprint density at radius 3 is 2.64 bits per heavy atom. The van der Waals surface area contributed by atoms with E-state index in [0.717, 1.165) is 44.1 Å². The summed E-state index contributed by atoms with van der Waals surface area (Å²) in [6.45, 7) is 3.46. The number of fused-ring (bicyclic) bond motifs is 1. The maximum atomic E-state index is 11.1. The Hall–Kier alpha value is -2.49. The molecule has 0 aromatic heterocycles. The van der Waals surface area contributed by atoms with Crippen LogP contribution in [0.1, 0.15) is 65.8 Å². The molecular weight excluding hydrogens is 350 g/mol. The summed E-state index contributed by atoms with van der Waals surface area (Å²) in [5, 5.41) is 19.5. The first kappa shape index (κ1) is 18.9. The molecule has 148 valence electrons. The molecule has 2 N–H and O–H groups in total. The van der Waals surface area contributed by atoms with E-state index in [1.54, 1.807) is 6.07 Å². The second-order valence-electron chi connectivity index (χ2n) is 8.22. The Morgan fingerprint density at radius 2 is 1.93 bits per heavy atom. The molecule has 1 fully saturated rings. The van der Waals surface area contributed by atoms with Gasteiger partial charge in [-0.2, -0.15) is 0 Å². The minimum atomic E-state index is -0.801. The lowest BCUT2D eigenvalue weighted by atomic mass is 9.84. The minimum Gasteiger partial charge on any atom is -0.508 e. The fourth-order valence-electron chi connectivity index (χ4n) is 5.12. The van der Waals surface area contributed by atoms with Crippen molar-refractivity contribution < 1.29 is 15.0 Å². The number of piperidine rings is 1. The molecule has 1 atom stereocenters. The molecule has 1 aliphatic carbocycles. The summed E-state index contributed by atoms with van der Waals surface area (Å²) in [6, 6.07) is 12.7. The predicted octanol–water partition coefficient (Wildman–Crippen LogP) is 5.08. The number of likely N-dealkylation sites (tertiary alicyclic amines) is 1. The lowest BCUT2D eigenvalue weighted by molar-refractivity contribution is 0.132. The van der Waals surface area contributed by atoms with Crippen molar-refractivity contribution in [2.24, 2.45) is 0 Å². The van der Waals surface area contributed by atoms with Crippen LogP contribution in [-0.4, -0.2) is 34.3 Å². The van der Waals surface area contributed by atoms with Crippen LogP contribution in [0.5, 0.6) is 5.75 Å². The zero-order chi connectivity index (χ0) is 19.7. The van der Waals surface area contributed by atoms with Crippen LogP contribution in [0.15, 0.2) is 36.4 Å². The summed E-state index contributed by atoms with van der Waals surface area (Å²) in [5.74, 6) is 1.29. The summed E-state index contributed by atoms with van der Waals surface area (Å²) in [7, 11) is 0. The summed E-state index contributed by atoms with van der Waals surface area (Å²) < 4.78 is 0. The third kappa shape index (κ3) is 3.60. The molecule has 1 heterocycles. The van der Waals surface area contributed by atoms with Gasteiger partial charge in [-0.3, -0.25) is 0 Å². The van der Waals surface area contributed by atoms with Crippen molar-refractivity contribution in [3.63, 3.8) is 0 Å². The van der Waals surface area contributed by atoms with Gasteiger partial charge in [0.25, 0.3) is 0 Å². The van der Waals surface area contributed by atoms with E-state index in [1.807, 2.05) is 6.07 Å². The van der Waals surface area contributed by atoms with E-state index >= 15 is 0 Å². The van der Waals surface area contributed by atoms with Crippen molar-refractivity contribution >= 4 is 6.09 Å². The van der Waals surface area contributed by atoms with Crippen LogP contribution in [0.3, 0.4) is 0 Å². The second-order valence-corrected chi connectivity index (χ2v) is 8.22. The Balaban J connectivity index is 1.50. The van der Waals surface area contributed by atoms with Gasteiger partial charge in [0.2, 0.25) is 0 Å². The number of carboxylic acid groups (broad SMARTS) is 1. The van der Waals surface area contributed by atoms with Crippen LogP contribution in [0.2, 0.25) is 0 Å². The topological polar surface area (TPSA) is 60.8 Å². The van der Waals surface area contributed by atoms with E-state index in [4.69, 9.17) is 5.11 Å². The molecule has 0 bridgehead atoms. The van der Waals surface area contributed by atoms with E-state index in [9.17, 15) is 9.90 Å². The fraction of sp³-hybridized carbons (Fsp3) is 0.458. The van der Waals surface area contributed by atoms with Crippen LogP contribution in [0.4, 0.5) is 4.79 Å². The van der Waals surface area contributed by atoms with Gasteiger partial charge < -0.3 is 15.1 Å². The van der Waals surface area contributed by atoms with E-state index in [-0.39, 0.29) is 0 Å². The lowest BCUT2D eigenvalue weighted by Crippen LogP contribution is -2.37. The average Bonchev–Trinajstić information content (AvgIpc) is 3.12. The highest BCUT2D eigenvalue weighted by atomic mass is 16.4. The van der Waals surface area contributed by atoms with Gasteiger partial charge in [-0.05, 0) is 78.7 Å². The van der Waals surface area contributed by atoms with Crippen molar-refractivity contribution in [3.05, 3.63) is 64.2 Å². The predicted molar refractivity (Wildman–Crippen MR) is 110 cm³/mol. The molecule has 2 aromatic carbocycles. The summed E-state index contributed by atoms with van der Waals surface area (Å²) >= 11 is 0. The van der Waals surface area contributed by atoms with Gasteiger partial charge in [0.15, 0.2) is 0 Å². The molecule has 0 radical (unpaired) electrons. The number of carbonyl (C=O) groups is 1. The molecule has 0 saturated carbocycles. The molecule has 4 nitrogen and oxygen atoms in total. The van der Waals surface area contributed by atoms with E-state index in [1.165, 1.54) is 27.2 Å². The fourth-order valence-corrected chi connectivity index (χ4v) is 5.12. The highest BCUT2D eigenvalue weighted by Crippen LogP contribution is 2.41.